The van der Waals surface area contributed by atoms with Crippen molar-refractivity contribution in [3.63, 3.8) is 0 Å². The second-order valence-corrected chi connectivity index (χ2v) is 8.78. The van der Waals surface area contributed by atoms with E-state index in [-0.39, 0.29) is 5.78 Å². The van der Waals surface area contributed by atoms with Crippen molar-refractivity contribution in [3.05, 3.63) is 101 Å². The first-order chi connectivity index (χ1) is 16.3. The van der Waals surface area contributed by atoms with E-state index in [2.05, 4.69) is 58.2 Å². The Bertz CT molecular complexity index is 1610. The van der Waals surface area contributed by atoms with Gasteiger partial charge in [0.2, 0.25) is 5.78 Å². The number of thiophene rings is 1. The van der Waals surface area contributed by atoms with Gasteiger partial charge in [0.15, 0.2) is 5.69 Å². The fourth-order valence-corrected chi connectivity index (χ4v) is 5.17. The van der Waals surface area contributed by atoms with E-state index in [1.807, 2.05) is 53.9 Å². The molecular weight excluding hydrogens is 428 g/mol. The Balaban J connectivity index is 1.60. The summed E-state index contributed by atoms with van der Waals surface area (Å²) in [5.41, 5.74) is 5.23. The quantitative estimate of drug-likeness (QED) is 0.289. The third-order valence-corrected chi connectivity index (χ3v) is 6.86. The molecule has 0 N–H and O–H groups in total. The maximum Gasteiger partial charge on any atom is 0.225 e. The molecule has 33 heavy (non-hydrogen) atoms. The number of ketones is 1. The number of nitrogens with zero attached hydrogens (tertiary/aromatic N) is 4. The Morgan fingerprint density at radius 2 is 1.67 bits per heavy atom. The van der Waals surface area contributed by atoms with Crippen LogP contribution in [0, 0.1) is 0 Å². The molecule has 160 valence electrons. The molecule has 0 saturated heterocycles. The van der Waals surface area contributed by atoms with Crippen LogP contribution < -0.4 is 0 Å². The summed E-state index contributed by atoms with van der Waals surface area (Å²) < 4.78 is 4.10. The molecule has 0 saturated carbocycles. The summed E-state index contributed by atoms with van der Waals surface area (Å²) in [7, 11) is 0. The van der Waals surface area contributed by atoms with Crippen LogP contribution in [-0.2, 0) is 6.54 Å². The number of fused-ring (bicyclic) bond motifs is 3. The zero-order chi connectivity index (χ0) is 22.4. The third-order valence-electron chi connectivity index (χ3n) is 5.99. The summed E-state index contributed by atoms with van der Waals surface area (Å²) in [4.78, 5) is 13.9. The van der Waals surface area contributed by atoms with E-state index < -0.39 is 0 Å². The number of hydrogen-bond acceptors (Lipinski definition) is 4. The molecule has 0 radical (unpaired) electrons. The van der Waals surface area contributed by atoms with Crippen molar-refractivity contribution in [1.29, 1.82) is 0 Å². The lowest BCUT2D eigenvalue weighted by atomic mass is 10.1. The molecular formula is C27H20N4OS. The highest BCUT2D eigenvalue weighted by Crippen LogP contribution is 2.33. The van der Waals surface area contributed by atoms with Crippen LogP contribution in [0.3, 0.4) is 0 Å². The zero-order valence-electron chi connectivity index (χ0n) is 18.0. The molecule has 0 aliphatic heterocycles. The molecule has 6 rings (SSSR count). The third kappa shape index (κ3) is 3.10. The van der Waals surface area contributed by atoms with Crippen molar-refractivity contribution >= 4 is 38.9 Å². The van der Waals surface area contributed by atoms with E-state index in [0.29, 0.717) is 16.3 Å². The summed E-state index contributed by atoms with van der Waals surface area (Å²) in [6.07, 6.45) is 0. The van der Waals surface area contributed by atoms with Crippen LogP contribution in [0.2, 0.25) is 0 Å². The molecule has 0 fully saturated rings. The molecule has 0 bridgehead atoms. The largest absolute Gasteiger partial charge is 0.341 e. The Morgan fingerprint density at radius 3 is 2.45 bits per heavy atom. The van der Waals surface area contributed by atoms with Crippen LogP contribution in [0.4, 0.5) is 0 Å². The van der Waals surface area contributed by atoms with E-state index in [9.17, 15) is 4.79 Å². The topological polar surface area (TPSA) is 52.7 Å². The first-order valence-corrected chi connectivity index (χ1v) is 11.7. The van der Waals surface area contributed by atoms with Crippen LogP contribution in [0.1, 0.15) is 22.3 Å². The van der Waals surface area contributed by atoms with E-state index in [1.54, 1.807) is 4.68 Å². The van der Waals surface area contributed by atoms with E-state index >= 15 is 0 Å². The number of carbonyl (C=O) groups is 1. The second kappa shape index (κ2) is 7.83. The summed E-state index contributed by atoms with van der Waals surface area (Å²) in [6, 6.07) is 28.3. The Hall–Kier alpha value is -4.03. The van der Waals surface area contributed by atoms with Gasteiger partial charge >= 0.3 is 0 Å². The van der Waals surface area contributed by atoms with Gasteiger partial charge in [0.1, 0.15) is 5.69 Å². The van der Waals surface area contributed by atoms with Crippen molar-refractivity contribution in [1.82, 2.24) is 19.6 Å². The molecule has 0 spiro atoms. The van der Waals surface area contributed by atoms with Crippen molar-refractivity contribution < 1.29 is 4.79 Å². The Morgan fingerprint density at radius 1 is 0.879 bits per heavy atom. The minimum Gasteiger partial charge on any atom is -0.341 e. The number of carbonyl (C=O) groups excluding carboxylic acids is 1. The van der Waals surface area contributed by atoms with E-state index in [0.717, 1.165) is 23.2 Å². The highest BCUT2D eigenvalue weighted by atomic mass is 32.1. The summed E-state index contributed by atoms with van der Waals surface area (Å²) in [6.45, 7) is 3.05. The minimum absolute atomic E-state index is 0.112. The van der Waals surface area contributed by atoms with Gasteiger partial charge in [-0.3, -0.25) is 4.79 Å². The summed E-state index contributed by atoms with van der Waals surface area (Å²) in [5, 5.41) is 13.1. The van der Waals surface area contributed by atoms with Gasteiger partial charge in [0.25, 0.3) is 0 Å². The van der Waals surface area contributed by atoms with Crippen LogP contribution >= 0.6 is 11.3 Å². The number of para-hydroxylation sites is 1. The molecule has 3 aromatic carbocycles. The van der Waals surface area contributed by atoms with Gasteiger partial charge in [0, 0.05) is 33.9 Å². The lowest BCUT2D eigenvalue weighted by Crippen LogP contribution is -2.04. The average Bonchev–Trinajstić information content (AvgIpc) is 3.61. The molecule has 0 unspecified atom stereocenters. The monoisotopic (exact) mass is 448 g/mol. The second-order valence-electron chi connectivity index (χ2n) is 7.83. The van der Waals surface area contributed by atoms with Crippen LogP contribution in [0.25, 0.3) is 38.8 Å². The lowest BCUT2D eigenvalue weighted by Gasteiger charge is -2.09. The minimum atomic E-state index is -0.112. The molecule has 5 nitrogen and oxygen atoms in total. The number of benzene rings is 3. The molecule has 6 aromatic rings. The molecule has 3 aromatic heterocycles. The maximum absolute atomic E-state index is 13.3. The summed E-state index contributed by atoms with van der Waals surface area (Å²) >= 11 is 1.41. The molecule has 0 atom stereocenters. The van der Waals surface area contributed by atoms with Crippen molar-refractivity contribution in [2.45, 2.75) is 13.5 Å². The van der Waals surface area contributed by atoms with Crippen LogP contribution in [0.15, 0.2) is 90.3 Å². The highest BCUT2D eigenvalue weighted by molar-refractivity contribution is 7.12. The normalized spacial score (nSPS) is 11.4. The van der Waals surface area contributed by atoms with Gasteiger partial charge in [0.05, 0.1) is 10.6 Å². The van der Waals surface area contributed by atoms with Crippen LogP contribution in [0.5, 0.6) is 0 Å². The number of hydrogen-bond donors (Lipinski definition) is 0. The first kappa shape index (κ1) is 19.6. The maximum atomic E-state index is 13.3. The predicted octanol–water partition coefficient (Wildman–Crippen LogP) is 6.35. The Kier molecular flexibility index (Phi) is 4.66. The highest BCUT2D eigenvalue weighted by Gasteiger charge is 2.24. The van der Waals surface area contributed by atoms with Crippen molar-refractivity contribution in [3.8, 4) is 16.9 Å². The molecule has 6 heteroatoms. The smallest absolute Gasteiger partial charge is 0.225 e. The fourth-order valence-electron chi connectivity index (χ4n) is 4.51. The van der Waals surface area contributed by atoms with Gasteiger partial charge in [-0.2, -0.15) is 0 Å². The van der Waals surface area contributed by atoms with Gasteiger partial charge in [-0.15, -0.1) is 16.4 Å². The zero-order valence-corrected chi connectivity index (χ0v) is 18.8. The SMILES string of the molecule is CCn1c2ccccc2c2cc(-n3nnc(C(=O)c4cccs4)c3-c3ccccc3)ccc21. The van der Waals surface area contributed by atoms with Gasteiger partial charge in [-0.05, 0) is 42.6 Å². The van der Waals surface area contributed by atoms with E-state index in [4.69, 9.17) is 0 Å². The number of rotatable bonds is 5. The number of aryl methyl sites for hydroxylation is 1. The van der Waals surface area contributed by atoms with Gasteiger partial charge in [-0.1, -0.05) is 59.8 Å². The predicted molar refractivity (Wildman–Crippen MR) is 133 cm³/mol. The average molecular weight is 449 g/mol. The molecule has 0 aliphatic carbocycles. The van der Waals surface area contributed by atoms with Gasteiger partial charge < -0.3 is 4.57 Å². The van der Waals surface area contributed by atoms with Crippen molar-refractivity contribution in [2.75, 3.05) is 0 Å². The molecule has 0 aliphatic rings. The van der Waals surface area contributed by atoms with E-state index in [1.165, 1.54) is 27.8 Å². The summed E-state index contributed by atoms with van der Waals surface area (Å²) in [5.74, 6) is -0.112. The van der Waals surface area contributed by atoms with Crippen LogP contribution in [-0.4, -0.2) is 25.3 Å². The fraction of sp³-hybridized carbons (Fsp3) is 0.0741. The lowest BCUT2D eigenvalue weighted by molar-refractivity contribution is 0.103. The Labute approximate surface area is 194 Å². The molecule has 3 heterocycles. The van der Waals surface area contributed by atoms with Gasteiger partial charge in [-0.25, -0.2) is 4.68 Å². The molecule has 0 amide bonds. The number of aromatic nitrogens is 4. The first-order valence-electron chi connectivity index (χ1n) is 10.9. The van der Waals surface area contributed by atoms with Crippen molar-refractivity contribution in [2.24, 2.45) is 0 Å². The standard InChI is InChI=1S/C27H20N4OS/c1-2-30-22-12-7-6-11-20(22)21-17-19(14-15-23(21)30)31-26(18-9-4-3-5-10-18)25(28-29-31)27(32)24-13-8-16-33-24/h3-17H,2H2,1H3.